The van der Waals surface area contributed by atoms with Gasteiger partial charge in [-0.25, -0.2) is 4.39 Å². The Morgan fingerprint density at radius 3 is 2.48 bits per heavy atom. The number of carbonyl (C=O) groups is 1. The Kier molecular flexibility index (Phi) is 5.00. The molecule has 0 radical (unpaired) electrons. The first-order valence-corrected chi connectivity index (χ1v) is 6.62. The maximum Gasteiger partial charge on any atom is 0.262 e. The maximum atomic E-state index is 13.0. The second-order valence-electron chi connectivity index (χ2n) is 4.24. The van der Waals surface area contributed by atoms with Crippen LogP contribution in [0.4, 0.5) is 15.8 Å². The highest BCUT2D eigenvalue weighted by Crippen LogP contribution is 2.19. The number of nitrogens with one attached hydrogen (secondary N) is 2. The van der Waals surface area contributed by atoms with Gasteiger partial charge in [0.2, 0.25) is 0 Å². The van der Waals surface area contributed by atoms with Gasteiger partial charge in [-0.2, -0.15) is 0 Å². The van der Waals surface area contributed by atoms with E-state index in [0.717, 1.165) is 5.69 Å². The minimum Gasteiger partial charge on any atom is -0.484 e. The molecule has 0 heterocycles. The van der Waals surface area contributed by atoms with Crippen LogP contribution in [0.2, 0.25) is 5.02 Å². The van der Waals surface area contributed by atoms with Gasteiger partial charge >= 0.3 is 0 Å². The number of rotatable bonds is 5. The Morgan fingerprint density at radius 2 is 1.86 bits per heavy atom. The van der Waals surface area contributed by atoms with Gasteiger partial charge in [-0.05, 0) is 42.5 Å². The van der Waals surface area contributed by atoms with E-state index in [0.29, 0.717) is 11.4 Å². The second kappa shape index (κ2) is 6.95. The average Bonchev–Trinajstić information content (AvgIpc) is 2.49. The molecule has 2 rings (SSSR count). The number of halogens is 2. The van der Waals surface area contributed by atoms with E-state index in [-0.39, 0.29) is 17.5 Å². The van der Waals surface area contributed by atoms with Gasteiger partial charge in [0.1, 0.15) is 11.6 Å². The molecule has 6 heteroatoms. The summed E-state index contributed by atoms with van der Waals surface area (Å²) in [5, 5.41) is 5.51. The summed E-state index contributed by atoms with van der Waals surface area (Å²) < 4.78 is 18.3. The fraction of sp³-hybridized carbons (Fsp3) is 0.133. The normalized spacial score (nSPS) is 10.0. The van der Waals surface area contributed by atoms with Crippen molar-refractivity contribution in [1.29, 1.82) is 0 Å². The standard InChI is InChI=1S/C15H14ClFN2O2/c1-18-10-2-5-12(6-3-10)21-9-15(20)19-11-4-7-14(17)13(16)8-11/h2-8,18H,9H2,1H3,(H,19,20). The minimum absolute atomic E-state index is 0.0450. The van der Waals surface area contributed by atoms with Crippen molar-refractivity contribution in [3.63, 3.8) is 0 Å². The zero-order valence-corrected chi connectivity index (χ0v) is 12.1. The van der Waals surface area contributed by atoms with Crippen molar-refractivity contribution in [2.45, 2.75) is 0 Å². The van der Waals surface area contributed by atoms with Crippen molar-refractivity contribution in [2.24, 2.45) is 0 Å². The number of anilines is 2. The van der Waals surface area contributed by atoms with Crippen molar-refractivity contribution in [1.82, 2.24) is 0 Å². The van der Waals surface area contributed by atoms with Crippen LogP contribution in [-0.4, -0.2) is 19.6 Å². The molecule has 0 aromatic heterocycles. The Bertz CT molecular complexity index is 632. The van der Waals surface area contributed by atoms with Gasteiger partial charge in [-0.1, -0.05) is 11.6 Å². The quantitative estimate of drug-likeness (QED) is 0.888. The van der Waals surface area contributed by atoms with E-state index in [2.05, 4.69) is 10.6 Å². The summed E-state index contributed by atoms with van der Waals surface area (Å²) in [6.07, 6.45) is 0. The summed E-state index contributed by atoms with van der Waals surface area (Å²) in [6, 6.07) is 11.2. The van der Waals surface area contributed by atoms with E-state index in [9.17, 15) is 9.18 Å². The van der Waals surface area contributed by atoms with Gasteiger partial charge < -0.3 is 15.4 Å². The highest BCUT2D eigenvalue weighted by molar-refractivity contribution is 6.31. The van der Waals surface area contributed by atoms with Gasteiger partial charge in [0.25, 0.3) is 5.91 Å². The molecule has 110 valence electrons. The fourth-order valence-electron chi connectivity index (χ4n) is 1.64. The molecule has 4 nitrogen and oxygen atoms in total. The van der Waals surface area contributed by atoms with E-state index in [4.69, 9.17) is 16.3 Å². The van der Waals surface area contributed by atoms with E-state index in [1.54, 1.807) is 12.1 Å². The highest BCUT2D eigenvalue weighted by atomic mass is 35.5. The van der Waals surface area contributed by atoms with E-state index < -0.39 is 5.82 Å². The smallest absolute Gasteiger partial charge is 0.262 e. The molecule has 0 spiro atoms. The number of benzene rings is 2. The van der Waals surface area contributed by atoms with Crippen molar-refractivity contribution < 1.29 is 13.9 Å². The molecule has 0 aliphatic carbocycles. The number of carbonyl (C=O) groups excluding carboxylic acids is 1. The van der Waals surface area contributed by atoms with Crippen molar-refractivity contribution in [3.05, 3.63) is 53.3 Å². The van der Waals surface area contributed by atoms with Crippen molar-refractivity contribution in [3.8, 4) is 5.75 Å². The number of ether oxygens (including phenoxy) is 1. The van der Waals surface area contributed by atoms with Crippen LogP contribution in [0.1, 0.15) is 0 Å². The minimum atomic E-state index is -0.532. The van der Waals surface area contributed by atoms with Gasteiger partial charge in [0, 0.05) is 18.4 Å². The van der Waals surface area contributed by atoms with Crippen LogP contribution >= 0.6 is 11.6 Å². The fourth-order valence-corrected chi connectivity index (χ4v) is 1.82. The predicted molar refractivity (Wildman–Crippen MR) is 81.5 cm³/mol. The molecule has 2 aromatic carbocycles. The van der Waals surface area contributed by atoms with Gasteiger partial charge in [0.05, 0.1) is 5.02 Å². The third-order valence-electron chi connectivity index (χ3n) is 2.72. The van der Waals surface area contributed by atoms with E-state index in [1.807, 2.05) is 19.2 Å². The lowest BCUT2D eigenvalue weighted by Gasteiger charge is -2.08. The second-order valence-corrected chi connectivity index (χ2v) is 4.65. The van der Waals surface area contributed by atoms with Gasteiger partial charge in [-0.15, -0.1) is 0 Å². The molecule has 0 saturated heterocycles. The van der Waals surface area contributed by atoms with Gasteiger partial charge in [0.15, 0.2) is 6.61 Å². The molecule has 0 unspecified atom stereocenters. The molecular weight excluding hydrogens is 295 g/mol. The zero-order valence-electron chi connectivity index (χ0n) is 11.3. The number of amides is 1. The molecular formula is C15H14ClFN2O2. The monoisotopic (exact) mass is 308 g/mol. The third kappa shape index (κ3) is 4.36. The Labute approximate surface area is 126 Å². The Balaban J connectivity index is 1.87. The largest absolute Gasteiger partial charge is 0.484 e. The summed E-state index contributed by atoms with van der Waals surface area (Å²) >= 11 is 5.64. The van der Waals surface area contributed by atoms with Crippen LogP contribution in [-0.2, 0) is 4.79 Å². The summed E-state index contributed by atoms with van der Waals surface area (Å²) in [5.41, 5.74) is 1.37. The molecule has 0 atom stereocenters. The number of hydrogen-bond donors (Lipinski definition) is 2. The lowest BCUT2D eigenvalue weighted by Crippen LogP contribution is -2.20. The van der Waals surface area contributed by atoms with Crippen LogP contribution in [0, 0.1) is 5.82 Å². The average molecular weight is 309 g/mol. The van der Waals surface area contributed by atoms with Crippen LogP contribution in [0.3, 0.4) is 0 Å². The van der Waals surface area contributed by atoms with Crippen LogP contribution < -0.4 is 15.4 Å². The van der Waals surface area contributed by atoms with E-state index in [1.165, 1.54) is 18.2 Å². The summed E-state index contributed by atoms with van der Waals surface area (Å²) in [4.78, 5) is 11.7. The van der Waals surface area contributed by atoms with E-state index >= 15 is 0 Å². The SMILES string of the molecule is CNc1ccc(OCC(=O)Nc2ccc(F)c(Cl)c2)cc1. The van der Waals surface area contributed by atoms with Crippen LogP contribution in [0.15, 0.2) is 42.5 Å². The van der Waals surface area contributed by atoms with Crippen LogP contribution in [0.5, 0.6) is 5.75 Å². The third-order valence-corrected chi connectivity index (χ3v) is 3.01. The first-order chi connectivity index (χ1) is 10.1. The van der Waals surface area contributed by atoms with Gasteiger partial charge in [-0.3, -0.25) is 4.79 Å². The molecule has 0 fully saturated rings. The first-order valence-electron chi connectivity index (χ1n) is 6.24. The highest BCUT2D eigenvalue weighted by Gasteiger charge is 2.06. The first kappa shape index (κ1) is 15.1. The molecule has 2 N–H and O–H groups in total. The summed E-state index contributed by atoms with van der Waals surface area (Å²) in [5.74, 6) is -0.299. The van der Waals surface area contributed by atoms with Crippen molar-refractivity contribution >= 4 is 28.9 Å². The molecule has 0 bridgehead atoms. The Morgan fingerprint density at radius 1 is 1.19 bits per heavy atom. The molecule has 0 aliphatic rings. The summed E-state index contributed by atoms with van der Waals surface area (Å²) in [7, 11) is 1.82. The number of hydrogen-bond acceptors (Lipinski definition) is 3. The topological polar surface area (TPSA) is 50.4 Å². The predicted octanol–water partition coefficient (Wildman–Crippen LogP) is 3.54. The molecule has 2 aromatic rings. The van der Waals surface area contributed by atoms with Crippen molar-refractivity contribution in [2.75, 3.05) is 24.3 Å². The molecule has 0 aliphatic heterocycles. The molecule has 0 saturated carbocycles. The zero-order chi connectivity index (χ0) is 15.2. The lowest BCUT2D eigenvalue weighted by molar-refractivity contribution is -0.118. The van der Waals surface area contributed by atoms with Crippen LogP contribution in [0.25, 0.3) is 0 Å². The maximum absolute atomic E-state index is 13.0. The lowest BCUT2D eigenvalue weighted by atomic mass is 10.3. The summed E-state index contributed by atoms with van der Waals surface area (Å²) in [6.45, 7) is -0.145. The Hall–Kier alpha value is -2.27. The molecule has 21 heavy (non-hydrogen) atoms. The molecule has 1 amide bonds.